The highest BCUT2D eigenvalue weighted by Crippen LogP contribution is 2.13. The van der Waals surface area contributed by atoms with Gasteiger partial charge in [-0.05, 0) is 33.2 Å². The summed E-state index contributed by atoms with van der Waals surface area (Å²) < 4.78 is 0. The number of amides is 2. The first-order valence-electron chi connectivity index (χ1n) is 6.45. The summed E-state index contributed by atoms with van der Waals surface area (Å²) in [6.45, 7) is 6.90. The first kappa shape index (κ1) is 14.0. The summed E-state index contributed by atoms with van der Waals surface area (Å²) in [6.07, 6.45) is 1.97. The van der Waals surface area contributed by atoms with E-state index in [1.807, 2.05) is 13.8 Å². The maximum absolute atomic E-state index is 12.2. The zero-order valence-electron chi connectivity index (χ0n) is 10.8. The van der Waals surface area contributed by atoms with Crippen LogP contribution in [0.2, 0.25) is 0 Å². The van der Waals surface area contributed by atoms with E-state index in [1.54, 1.807) is 4.90 Å². The molecule has 5 nitrogen and oxygen atoms in total. The van der Waals surface area contributed by atoms with Crippen molar-refractivity contribution in [3.05, 3.63) is 0 Å². The monoisotopic (exact) mass is 241 g/mol. The van der Waals surface area contributed by atoms with Crippen molar-refractivity contribution in [2.24, 2.45) is 5.92 Å². The Morgan fingerprint density at radius 2 is 2.18 bits per heavy atom. The van der Waals surface area contributed by atoms with Crippen molar-refractivity contribution in [3.63, 3.8) is 0 Å². The number of nitrogens with one attached hydrogen (secondary N) is 2. The normalized spacial score (nSPS) is 19.8. The molecule has 1 aliphatic rings. The van der Waals surface area contributed by atoms with Gasteiger partial charge in [-0.1, -0.05) is 0 Å². The maximum atomic E-state index is 12.2. The largest absolute Gasteiger partial charge is 0.355 e. The van der Waals surface area contributed by atoms with E-state index >= 15 is 0 Å². The van der Waals surface area contributed by atoms with Gasteiger partial charge in [-0.25, -0.2) is 0 Å². The van der Waals surface area contributed by atoms with Gasteiger partial charge < -0.3 is 15.5 Å². The van der Waals surface area contributed by atoms with E-state index in [-0.39, 0.29) is 24.3 Å². The molecule has 2 amide bonds. The summed E-state index contributed by atoms with van der Waals surface area (Å²) in [4.78, 5) is 25.3. The lowest BCUT2D eigenvalue weighted by Crippen LogP contribution is -2.46. The SMILES string of the molecule is CCNC(=O)CN(CC)C(=O)C1CCCNC1. The summed E-state index contributed by atoms with van der Waals surface area (Å²) in [5.74, 6) is 0.0653. The highest BCUT2D eigenvalue weighted by atomic mass is 16.2. The van der Waals surface area contributed by atoms with Crippen molar-refractivity contribution in [2.75, 3.05) is 32.7 Å². The Balaban J connectivity index is 2.47. The van der Waals surface area contributed by atoms with E-state index in [9.17, 15) is 9.59 Å². The standard InChI is InChI=1S/C12H23N3O2/c1-3-14-11(16)9-15(4-2)12(17)10-6-5-7-13-8-10/h10,13H,3-9H2,1-2H3,(H,14,16). The van der Waals surface area contributed by atoms with E-state index in [0.29, 0.717) is 13.1 Å². The molecule has 1 fully saturated rings. The van der Waals surface area contributed by atoms with Gasteiger partial charge in [-0.2, -0.15) is 0 Å². The molecule has 5 heteroatoms. The molecule has 2 N–H and O–H groups in total. The minimum absolute atomic E-state index is 0.0399. The number of carbonyl (C=O) groups is 2. The van der Waals surface area contributed by atoms with Crippen LogP contribution in [-0.4, -0.2) is 49.4 Å². The van der Waals surface area contributed by atoms with Crippen LogP contribution in [-0.2, 0) is 9.59 Å². The second kappa shape index (κ2) is 7.27. The van der Waals surface area contributed by atoms with Crippen LogP contribution in [0.5, 0.6) is 0 Å². The number of hydrogen-bond donors (Lipinski definition) is 2. The Kier molecular flexibility index (Phi) is 5.97. The van der Waals surface area contributed by atoms with Crippen LogP contribution in [0.4, 0.5) is 0 Å². The van der Waals surface area contributed by atoms with Crippen molar-refractivity contribution in [2.45, 2.75) is 26.7 Å². The van der Waals surface area contributed by atoms with Crippen LogP contribution in [0.15, 0.2) is 0 Å². The third-order valence-electron chi connectivity index (χ3n) is 3.05. The molecule has 1 rings (SSSR count). The van der Waals surface area contributed by atoms with E-state index in [0.717, 1.165) is 25.9 Å². The van der Waals surface area contributed by atoms with Gasteiger partial charge in [0.1, 0.15) is 0 Å². The Morgan fingerprint density at radius 3 is 2.71 bits per heavy atom. The van der Waals surface area contributed by atoms with Gasteiger partial charge in [0.15, 0.2) is 0 Å². The number of likely N-dealkylation sites (N-methyl/N-ethyl adjacent to an activating group) is 2. The van der Waals surface area contributed by atoms with Crippen molar-refractivity contribution in [1.29, 1.82) is 0 Å². The van der Waals surface area contributed by atoms with Crippen molar-refractivity contribution in [3.8, 4) is 0 Å². The highest BCUT2D eigenvalue weighted by Gasteiger charge is 2.25. The minimum Gasteiger partial charge on any atom is -0.355 e. The van der Waals surface area contributed by atoms with Crippen LogP contribution in [0.1, 0.15) is 26.7 Å². The van der Waals surface area contributed by atoms with Gasteiger partial charge in [-0.3, -0.25) is 9.59 Å². The van der Waals surface area contributed by atoms with Crippen LogP contribution >= 0.6 is 0 Å². The quantitative estimate of drug-likeness (QED) is 0.710. The van der Waals surface area contributed by atoms with Crippen molar-refractivity contribution in [1.82, 2.24) is 15.5 Å². The van der Waals surface area contributed by atoms with Gasteiger partial charge in [0.2, 0.25) is 11.8 Å². The van der Waals surface area contributed by atoms with Gasteiger partial charge in [0, 0.05) is 19.6 Å². The number of nitrogens with zero attached hydrogens (tertiary/aromatic N) is 1. The van der Waals surface area contributed by atoms with E-state index in [4.69, 9.17) is 0 Å². The van der Waals surface area contributed by atoms with E-state index in [1.165, 1.54) is 0 Å². The van der Waals surface area contributed by atoms with E-state index in [2.05, 4.69) is 10.6 Å². The average Bonchev–Trinajstić information content (AvgIpc) is 2.36. The molecule has 1 unspecified atom stereocenters. The number of rotatable bonds is 5. The van der Waals surface area contributed by atoms with Crippen LogP contribution in [0, 0.1) is 5.92 Å². The van der Waals surface area contributed by atoms with Gasteiger partial charge in [-0.15, -0.1) is 0 Å². The molecular weight excluding hydrogens is 218 g/mol. The predicted octanol–water partition coefficient (Wildman–Crippen LogP) is -0.0294. The molecular formula is C12H23N3O2. The third-order valence-corrected chi connectivity index (χ3v) is 3.05. The second-order valence-corrected chi connectivity index (χ2v) is 4.35. The molecule has 1 saturated heterocycles. The third kappa shape index (κ3) is 4.34. The van der Waals surface area contributed by atoms with Crippen molar-refractivity contribution >= 4 is 11.8 Å². The Hall–Kier alpha value is -1.10. The summed E-state index contributed by atoms with van der Waals surface area (Å²) >= 11 is 0. The molecule has 0 aromatic heterocycles. The maximum Gasteiger partial charge on any atom is 0.239 e. The average molecular weight is 241 g/mol. The molecule has 0 aromatic rings. The number of carbonyl (C=O) groups excluding carboxylic acids is 2. The summed E-state index contributed by atoms with van der Waals surface area (Å²) in [7, 11) is 0. The van der Waals surface area contributed by atoms with Crippen LogP contribution < -0.4 is 10.6 Å². The summed E-state index contributed by atoms with van der Waals surface area (Å²) in [5, 5.41) is 5.94. The molecule has 1 aliphatic heterocycles. The molecule has 1 heterocycles. The highest BCUT2D eigenvalue weighted by molar-refractivity contribution is 5.86. The fourth-order valence-corrected chi connectivity index (χ4v) is 2.09. The zero-order valence-corrected chi connectivity index (χ0v) is 10.8. The molecule has 0 aromatic carbocycles. The molecule has 0 aliphatic carbocycles. The lowest BCUT2D eigenvalue weighted by molar-refractivity contribution is -0.139. The Bertz CT molecular complexity index is 262. The molecule has 0 radical (unpaired) electrons. The zero-order chi connectivity index (χ0) is 12.7. The minimum atomic E-state index is -0.0773. The predicted molar refractivity (Wildman–Crippen MR) is 66.5 cm³/mol. The smallest absolute Gasteiger partial charge is 0.239 e. The van der Waals surface area contributed by atoms with E-state index < -0.39 is 0 Å². The molecule has 1 atom stereocenters. The number of hydrogen-bond acceptors (Lipinski definition) is 3. The number of piperidine rings is 1. The van der Waals surface area contributed by atoms with Crippen LogP contribution in [0.3, 0.4) is 0 Å². The fourth-order valence-electron chi connectivity index (χ4n) is 2.09. The second-order valence-electron chi connectivity index (χ2n) is 4.35. The first-order valence-corrected chi connectivity index (χ1v) is 6.45. The van der Waals surface area contributed by atoms with Crippen LogP contribution in [0.25, 0.3) is 0 Å². The Morgan fingerprint density at radius 1 is 1.41 bits per heavy atom. The van der Waals surface area contributed by atoms with Gasteiger partial charge in [0.25, 0.3) is 0 Å². The molecule has 0 saturated carbocycles. The molecule has 0 spiro atoms. The van der Waals surface area contributed by atoms with Gasteiger partial charge in [0.05, 0.1) is 12.5 Å². The molecule has 0 bridgehead atoms. The lowest BCUT2D eigenvalue weighted by atomic mass is 9.98. The summed E-state index contributed by atoms with van der Waals surface area (Å²) in [6, 6.07) is 0. The Labute approximate surface area is 103 Å². The molecule has 98 valence electrons. The summed E-state index contributed by atoms with van der Waals surface area (Å²) in [5.41, 5.74) is 0. The van der Waals surface area contributed by atoms with Gasteiger partial charge >= 0.3 is 0 Å². The fraction of sp³-hybridized carbons (Fsp3) is 0.833. The first-order chi connectivity index (χ1) is 8.19. The lowest BCUT2D eigenvalue weighted by Gasteiger charge is -2.28. The topological polar surface area (TPSA) is 61.4 Å². The molecule has 17 heavy (non-hydrogen) atoms. The van der Waals surface area contributed by atoms with Crippen molar-refractivity contribution < 1.29 is 9.59 Å².